The predicted octanol–water partition coefficient (Wildman–Crippen LogP) is 3.87. The molecule has 0 amide bonds. The molecular formula is C22H23N5O2. The smallest absolute Gasteiger partial charge is 0.122 e. The third-order valence-electron chi connectivity index (χ3n) is 4.76. The average Bonchev–Trinajstić information content (AvgIpc) is 3.35. The van der Waals surface area contributed by atoms with Crippen molar-refractivity contribution in [1.82, 2.24) is 25.0 Å². The summed E-state index contributed by atoms with van der Waals surface area (Å²) in [6, 6.07) is 18.1. The van der Waals surface area contributed by atoms with Crippen molar-refractivity contribution in [2.75, 3.05) is 14.2 Å². The Kier molecular flexibility index (Phi) is 5.39. The van der Waals surface area contributed by atoms with Gasteiger partial charge >= 0.3 is 0 Å². The molecule has 0 saturated carbocycles. The highest BCUT2D eigenvalue weighted by Crippen LogP contribution is 2.28. The number of para-hydroxylation sites is 1. The molecule has 0 saturated heterocycles. The lowest BCUT2D eigenvalue weighted by atomic mass is 10.1. The van der Waals surface area contributed by atoms with Gasteiger partial charge in [-0.15, -0.1) is 0 Å². The van der Waals surface area contributed by atoms with Crippen LogP contribution in [0.1, 0.15) is 17.0 Å². The molecule has 0 aliphatic rings. The Hall–Kier alpha value is -3.45. The lowest BCUT2D eigenvalue weighted by molar-refractivity contribution is 0.279. The molecule has 0 aliphatic heterocycles. The Balaban J connectivity index is 1.68. The highest BCUT2D eigenvalue weighted by atomic mass is 16.6. The van der Waals surface area contributed by atoms with Crippen LogP contribution in [-0.2, 0) is 13.1 Å². The zero-order valence-electron chi connectivity index (χ0n) is 16.7. The van der Waals surface area contributed by atoms with Crippen molar-refractivity contribution in [3.8, 4) is 22.7 Å². The minimum atomic E-state index is 0.642. The molecule has 0 N–H and O–H groups in total. The molecule has 4 rings (SSSR count). The van der Waals surface area contributed by atoms with E-state index in [4.69, 9.17) is 14.5 Å². The van der Waals surface area contributed by atoms with Crippen LogP contribution in [0, 0.1) is 6.92 Å². The lowest BCUT2D eigenvalue weighted by Gasteiger charge is -2.15. The first kappa shape index (κ1) is 18.9. The highest BCUT2D eigenvalue weighted by molar-refractivity contribution is 5.65. The number of hydrogen-bond acceptors (Lipinski definition) is 6. The van der Waals surface area contributed by atoms with Crippen molar-refractivity contribution in [3.05, 3.63) is 77.7 Å². The number of rotatable bonds is 7. The van der Waals surface area contributed by atoms with Crippen LogP contribution in [0.25, 0.3) is 16.9 Å². The summed E-state index contributed by atoms with van der Waals surface area (Å²) < 4.78 is 12.1. The number of nitrogens with zero attached hydrogens (tertiary/aromatic N) is 5. The zero-order valence-corrected chi connectivity index (χ0v) is 16.7. The first-order chi connectivity index (χ1) is 14.1. The van der Waals surface area contributed by atoms with Crippen molar-refractivity contribution in [1.29, 1.82) is 0 Å². The van der Waals surface area contributed by atoms with Gasteiger partial charge in [0, 0.05) is 30.4 Å². The molecule has 0 bridgehead atoms. The van der Waals surface area contributed by atoms with Crippen LogP contribution < -0.4 is 4.74 Å². The van der Waals surface area contributed by atoms with Crippen molar-refractivity contribution in [2.24, 2.45) is 0 Å². The maximum absolute atomic E-state index is 5.40. The topological polar surface area (TPSA) is 69.2 Å². The van der Waals surface area contributed by atoms with E-state index in [1.807, 2.05) is 67.2 Å². The number of ether oxygens (including phenoxy) is 1. The summed E-state index contributed by atoms with van der Waals surface area (Å²) in [7, 11) is 3.72. The third-order valence-corrected chi connectivity index (χ3v) is 4.76. The quantitative estimate of drug-likeness (QED) is 0.478. The van der Waals surface area contributed by atoms with Crippen molar-refractivity contribution < 1.29 is 9.37 Å². The predicted molar refractivity (Wildman–Crippen MR) is 110 cm³/mol. The molecular weight excluding hydrogens is 366 g/mol. The van der Waals surface area contributed by atoms with Crippen LogP contribution in [0.2, 0.25) is 0 Å². The van der Waals surface area contributed by atoms with Crippen molar-refractivity contribution in [2.45, 2.75) is 20.0 Å². The molecule has 29 heavy (non-hydrogen) atoms. The summed E-state index contributed by atoms with van der Waals surface area (Å²) >= 11 is 0. The fourth-order valence-corrected chi connectivity index (χ4v) is 3.25. The summed E-state index contributed by atoms with van der Waals surface area (Å²) in [6.45, 7) is 3.24. The van der Waals surface area contributed by atoms with E-state index in [1.165, 1.54) is 0 Å². The van der Waals surface area contributed by atoms with E-state index < -0.39 is 0 Å². The van der Waals surface area contributed by atoms with Gasteiger partial charge in [-0.1, -0.05) is 40.6 Å². The van der Waals surface area contributed by atoms with E-state index in [2.05, 4.69) is 27.5 Å². The molecule has 0 atom stereocenters. The average molecular weight is 389 g/mol. The molecule has 7 heteroatoms. The van der Waals surface area contributed by atoms with Crippen LogP contribution in [0.5, 0.6) is 5.75 Å². The largest absolute Gasteiger partial charge is 0.497 e. The number of aromatic nitrogens is 4. The SMILES string of the molecule is COc1cccc(-c2nn(-c3ccccc3)cc2CN(C)Cc2nonc2C)c1. The first-order valence-corrected chi connectivity index (χ1v) is 9.39. The number of hydrogen-bond donors (Lipinski definition) is 0. The fraction of sp³-hybridized carbons (Fsp3) is 0.227. The molecule has 2 heterocycles. The van der Waals surface area contributed by atoms with Crippen LogP contribution in [0.15, 0.2) is 65.4 Å². The molecule has 0 spiro atoms. The van der Waals surface area contributed by atoms with Gasteiger partial charge in [0.15, 0.2) is 0 Å². The van der Waals surface area contributed by atoms with Crippen molar-refractivity contribution >= 4 is 0 Å². The second kappa shape index (κ2) is 8.28. The van der Waals surface area contributed by atoms with E-state index in [0.717, 1.165) is 39.6 Å². The summed E-state index contributed by atoms with van der Waals surface area (Å²) in [4.78, 5) is 2.17. The third kappa shape index (κ3) is 4.20. The molecule has 0 radical (unpaired) electrons. The van der Waals surface area contributed by atoms with E-state index in [0.29, 0.717) is 13.1 Å². The van der Waals surface area contributed by atoms with Gasteiger partial charge in [-0.25, -0.2) is 9.31 Å². The van der Waals surface area contributed by atoms with E-state index in [-0.39, 0.29) is 0 Å². The van der Waals surface area contributed by atoms with Crippen LogP contribution >= 0.6 is 0 Å². The monoisotopic (exact) mass is 389 g/mol. The Morgan fingerprint density at radius 2 is 1.86 bits per heavy atom. The maximum Gasteiger partial charge on any atom is 0.122 e. The molecule has 2 aromatic heterocycles. The number of aryl methyl sites for hydroxylation is 1. The molecule has 0 aliphatic carbocycles. The zero-order chi connectivity index (χ0) is 20.2. The van der Waals surface area contributed by atoms with Crippen LogP contribution in [-0.4, -0.2) is 39.2 Å². The minimum Gasteiger partial charge on any atom is -0.497 e. The van der Waals surface area contributed by atoms with Gasteiger partial charge in [0.25, 0.3) is 0 Å². The van der Waals surface area contributed by atoms with Gasteiger partial charge < -0.3 is 4.74 Å². The fourth-order valence-electron chi connectivity index (χ4n) is 3.25. The van der Waals surface area contributed by atoms with Gasteiger partial charge in [-0.05, 0) is 38.2 Å². The second-order valence-corrected chi connectivity index (χ2v) is 6.98. The molecule has 0 unspecified atom stereocenters. The Morgan fingerprint density at radius 1 is 1.03 bits per heavy atom. The Morgan fingerprint density at radius 3 is 2.59 bits per heavy atom. The Labute approximate surface area is 169 Å². The van der Waals surface area contributed by atoms with Crippen LogP contribution in [0.3, 0.4) is 0 Å². The van der Waals surface area contributed by atoms with Gasteiger partial charge in [-0.2, -0.15) is 5.10 Å². The first-order valence-electron chi connectivity index (χ1n) is 9.39. The van der Waals surface area contributed by atoms with E-state index in [9.17, 15) is 0 Å². The molecule has 0 fully saturated rings. The molecule has 148 valence electrons. The lowest BCUT2D eigenvalue weighted by Crippen LogP contribution is -2.18. The number of methoxy groups -OCH3 is 1. The van der Waals surface area contributed by atoms with Gasteiger partial charge in [0.2, 0.25) is 0 Å². The van der Waals surface area contributed by atoms with Crippen LogP contribution in [0.4, 0.5) is 0 Å². The van der Waals surface area contributed by atoms with Gasteiger partial charge in [0.1, 0.15) is 17.1 Å². The maximum atomic E-state index is 5.40. The molecule has 7 nitrogen and oxygen atoms in total. The van der Waals surface area contributed by atoms with E-state index >= 15 is 0 Å². The summed E-state index contributed by atoms with van der Waals surface area (Å²) in [5.41, 5.74) is 5.72. The second-order valence-electron chi connectivity index (χ2n) is 6.98. The minimum absolute atomic E-state index is 0.642. The standard InChI is InChI=1S/C22H23N5O2/c1-16-21(25-29-24-16)15-26(2)13-18-14-27(19-9-5-4-6-10-19)23-22(18)17-8-7-11-20(12-17)28-3/h4-12,14H,13,15H2,1-3H3. The normalized spacial score (nSPS) is 11.2. The molecule has 4 aromatic rings. The summed E-state index contributed by atoms with van der Waals surface area (Å²) in [5.74, 6) is 0.806. The Bertz CT molecular complexity index is 1090. The van der Waals surface area contributed by atoms with Gasteiger partial charge in [0.05, 0.1) is 18.5 Å². The number of benzene rings is 2. The van der Waals surface area contributed by atoms with Crippen molar-refractivity contribution in [3.63, 3.8) is 0 Å². The molecule has 2 aromatic carbocycles. The highest BCUT2D eigenvalue weighted by Gasteiger charge is 2.16. The van der Waals surface area contributed by atoms with Gasteiger partial charge in [-0.3, -0.25) is 4.90 Å². The van der Waals surface area contributed by atoms with E-state index in [1.54, 1.807) is 7.11 Å². The summed E-state index contributed by atoms with van der Waals surface area (Å²) in [6.07, 6.45) is 2.08. The summed E-state index contributed by atoms with van der Waals surface area (Å²) in [5, 5.41) is 12.7.